The fourth-order valence-corrected chi connectivity index (χ4v) is 2.58. The number of rotatable bonds is 8. The number of methoxy groups -OCH3 is 1. The maximum Gasteiger partial charge on any atom is 0.153 e. The Hall–Kier alpha value is -1.20. The van der Waals surface area contributed by atoms with Crippen molar-refractivity contribution in [2.45, 2.75) is 32.2 Å². The Morgan fingerprint density at radius 1 is 1.24 bits per heavy atom. The van der Waals surface area contributed by atoms with Gasteiger partial charge in [0.05, 0.1) is 5.52 Å². The van der Waals surface area contributed by atoms with Gasteiger partial charge in [0.1, 0.15) is 17.2 Å². The van der Waals surface area contributed by atoms with E-state index in [1.54, 1.807) is 7.11 Å². The number of unbranched alkanes of at least 4 members (excludes halogenated alkanes) is 2. The summed E-state index contributed by atoms with van der Waals surface area (Å²) in [5, 5.41) is 0. The smallest absolute Gasteiger partial charge is 0.153 e. The molecule has 0 aliphatic rings. The van der Waals surface area contributed by atoms with Crippen LogP contribution in [-0.4, -0.2) is 29.1 Å². The molecule has 0 bridgehead atoms. The highest BCUT2D eigenvalue weighted by atomic mass is 35.5. The number of halogens is 3. The number of hydrogen-bond acceptors (Lipinski definition) is 2. The summed E-state index contributed by atoms with van der Waals surface area (Å²) in [7, 11) is 1.67. The standard InChI is InChI=1S/C15H19ClF2N2O/c1-21-8-4-2-3-7-20-13-10-11(17)9-12(18)15(13)19-14(20)5-6-16/h9-10H,2-8H2,1H3. The molecule has 0 saturated carbocycles. The van der Waals surface area contributed by atoms with Gasteiger partial charge in [-0.15, -0.1) is 11.6 Å². The lowest BCUT2D eigenvalue weighted by atomic mass is 10.2. The molecule has 1 aromatic heterocycles. The van der Waals surface area contributed by atoms with Crippen LogP contribution in [-0.2, 0) is 17.7 Å². The Morgan fingerprint density at radius 3 is 2.76 bits per heavy atom. The van der Waals surface area contributed by atoms with Gasteiger partial charge in [-0.3, -0.25) is 0 Å². The zero-order chi connectivity index (χ0) is 15.2. The van der Waals surface area contributed by atoms with Gasteiger partial charge in [0.15, 0.2) is 5.82 Å². The molecule has 0 aliphatic carbocycles. The molecular formula is C15H19ClF2N2O. The number of hydrogen-bond donors (Lipinski definition) is 0. The van der Waals surface area contributed by atoms with Crippen molar-refractivity contribution < 1.29 is 13.5 Å². The van der Waals surface area contributed by atoms with Crippen LogP contribution in [0.15, 0.2) is 12.1 Å². The van der Waals surface area contributed by atoms with Gasteiger partial charge in [0, 0.05) is 38.6 Å². The van der Waals surface area contributed by atoms with Crippen molar-refractivity contribution in [3.05, 3.63) is 29.6 Å². The topological polar surface area (TPSA) is 27.1 Å². The van der Waals surface area contributed by atoms with Crippen LogP contribution in [0.3, 0.4) is 0 Å². The zero-order valence-electron chi connectivity index (χ0n) is 12.0. The number of ether oxygens (including phenoxy) is 1. The van der Waals surface area contributed by atoms with E-state index in [1.807, 2.05) is 4.57 Å². The SMILES string of the molecule is COCCCCCn1c(CCCl)nc2c(F)cc(F)cc21. The summed E-state index contributed by atoms with van der Waals surface area (Å²) in [5.41, 5.74) is 0.716. The van der Waals surface area contributed by atoms with E-state index in [9.17, 15) is 8.78 Å². The minimum atomic E-state index is -0.626. The molecule has 1 aromatic carbocycles. The monoisotopic (exact) mass is 316 g/mol. The maximum atomic E-state index is 13.8. The molecule has 0 unspecified atom stereocenters. The first-order chi connectivity index (χ1) is 10.2. The van der Waals surface area contributed by atoms with E-state index in [0.717, 1.165) is 31.9 Å². The van der Waals surface area contributed by atoms with E-state index in [2.05, 4.69) is 4.98 Å². The van der Waals surface area contributed by atoms with Gasteiger partial charge in [0.2, 0.25) is 0 Å². The Labute approximate surface area is 127 Å². The third-order valence-electron chi connectivity index (χ3n) is 3.40. The maximum absolute atomic E-state index is 13.8. The third-order valence-corrected chi connectivity index (χ3v) is 3.59. The van der Waals surface area contributed by atoms with E-state index >= 15 is 0 Å². The van der Waals surface area contributed by atoms with Crippen molar-refractivity contribution in [3.63, 3.8) is 0 Å². The van der Waals surface area contributed by atoms with Crippen LogP contribution in [0.2, 0.25) is 0 Å². The summed E-state index contributed by atoms with van der Waals surface area (Å²) >= 11 is 5.77. The lowest BCUT2D eigenvalue weighted by Crippen LogP contribution is -2.05. The summed E-state index contributed by atoms with van der Waals surface area (Å²) in [5.74, 6) is -0.106. The Kier molecular flexibility index (Phi) is 5.94. The van der Waals surface area contributed by atoms with E-state index in [4.69, 9.17) is 16.3 Å². The minimum absolute atomic E-state index is 0.216. The molecular weight excluding hydrogens is 298 g/mol. The highest BCUT2D eigenvalue weighted by Gasteiger charge is 2.15. The average molecular weight is 317 g/mol. The molecule has 0 atom stereocenters. The van der Waals surface area contributed by atoms with E-state index in [1.165, 1.54) is 6.07 Å². The number of benzene rings is 1. The van der Waals surface area contributed by atoms with Crippen molar-refractivity contribution in [3.8, 4) is 0 Å². The molecule has 2 rings (SSSR count). The fraction of sp³-hybridized carbons (Fsp3) is 0.533. The molecule has 0 radical (unpaired) electrons. The first-order valence-electron chi connectivity index (χ1n) is 7.06. The van der Waals surface area contributed by atoms with Gasteiger partial charge in [-0.2, -0.15) is 0 Å². The normalized spacial score (nSPS) is 11.4. The molecule has 0 spiro atoms. The summed E-state index contributed by atoms with van der Waals surface area (Å²) in [6, 6.07) is 2.20. The number of alkyl halides is 1. The predicted octanol–water partition coefficient (Wildman–Crippen LogP) is 3.91. The minimum Gasteiger partial charge on any atom is -0.385 e. The largest absolute Gasteiger partial charge is 0.385 e. The average Bonchev–Trinajstić information content (AvgIpc) is 2.78. The Balaban J connectivity index is 2.23. The lowest BCUT2D eigenvalue weighted by molar-refractivity contribution is 0.191. The highest BCUT2D eigenvalue weighted by Crippen LogP contribution is 2.22. The van der Waals surface area contributed by atoms with Gasteiger partial charge in [-0.1, -0.05) is 0 Å². The van der Waals surface area contributed by atoms with Crippen LogP contribution in [0.5, 0.6) is 0 Å². The van der Waals surface area contributed by atoms with Crippen molar-refractivity contribution in [1.82, 2.24) is 9.55 Å². The van der Waals surface area contributed by atoms with Gasteiger partial charge < -0.3 is 9.30 Å². The second kappa shape index (κ2) is 7.71. The molecule has 0 saturated heterocycles. The lowest BCUT2D eigenvalue weighted by Gasteiger charge is -2.08. The molecule has 0 aliphatic heterocycles. The summed E-state index contributed by atoms with van der Waals surface area (Å²) in [6.45, 7) is 1.40. The summed E-state index contributed by atoms with van der Waals surface area (Å²) in [4.78, 5) is 4.27. The van der Waals surface area contributed by atoms with Crippen LogP contribution in [0.4, 0.5) is 8.78 Å². The van der Waals surface area contributed by atoms with E-state index in [0.29, 0.717) is 30.2 Å². The van der Waals surface area contributed by atoms with Gasteiger partial charge in [0.25, 0.3) is 0 Å². The van der Waals surface area contributed by atoms with E-state index in [-0.39, 0.29) is 5.52 Å². The van der Waals surface area contributed by atoms with Crippen molar-refractivity contribution in [1.29, 1.82) is 0 Å². The van der Waals surface area contributed by atoms with Crippen LogP contribution in [0.1, 0.15) is 25.1 Å². The fourth-order valence-electron chi connectivity index (χ4n) is 2.42. The number of aromatic nitrogens is 2. The molecule has 116 valence electrons. The predicted molar refractivity (Wildman–Crippen MR) is 79.8 cm³/mol. The van der Waals surface area contributed by atoms with Crippen LogP contribution < -0.4 is 0 Å². The van der Waals surface area contributed by atoms with Gasteiger partial charge >= 0.3 is 0 Å². The number of fused-ring (bicyclic) bond motifs is 1. The molecule has 1 heterocycles. The summed E-state index contributed by atoms with van der Waals surface area (Å²) < 4.78 is 34.1. The van der Waals surface area contributed by atoms with Gasteiger partial charge in [-0.05, 0) is 25.3 Å². The number of aryl methyl sites for hydroxylation is 2. The molecule has 21 heavy (non-hydrogen) atoms. The molecule has 3 nitrogen and oxygen atoms in total. The molecule has 6 heteroatoms. The summed E-state index contributed by atoms with van der Waals surface area (Å²) in [6.07, 6.45) is 3.40. The first kappa shape index (κ1) is 16.2. The quantitative estimate of drug-likeness (QED) is 0.545. The molecule has 0 fully saturated rings. The van der Waals surface area contributed by atoms with Crippen LogP contribution in [0.25, 0.3) is 11.0 Å². The highest BCUT2D eigenvalue weighted by molar-refractivity contribution is 6.17. The molecule has 0 amide bonds. The van der Waals surface area contributed by atoms with Gasteiger partial charge in [-0.25, -0.2) is 13.8 Å². The van der Waals surface area contributed by atoms with E-state index < -0.39 is 11.6 Å². The second-order valence-electron chi connectivity index (χ2n) is 4.93. The molecule has 2 aromatic rings. The Morgan fingerprint density at radius 2 is 2.05 bits per heavy atom. The first-order valence-corrected chi connectivity index (χ1v) is 7.60. The molecule has 0 N–H and O–H groups in total. The van der Waals surface area contributed by atoms with Crippen molar-refractivity contribution in [2.75, 3.05) is 19.6 Å². The Bertz CT molecular complexity index is 601. The van der Waals surface area contributed by atoms with Crippen LogP contribution >= 0.6 is 11.6 Å². The second-order valence-corrected chi connectivity index (χ2v) is 5.31. The third kappa shape index (κ3) is 3.92. The number of nitrogens with zero attached hydrogens (tertiary/aromatic N) is 2. The van der Waals surface area contributed by atoms with Crippen molar-refractivity contribution >= 4 is 22.6 Å². The zero-order valence-corrected chi connectivity index (χ0v) is 12.8. The van der Waals surface area contributed by atoms with Crippen LogP contribution in [0, 0.1) is 11.6 Å². The van der Waals surface area contributed by atoms with Crippen molar-refractivity contribution in [2.24, 2.45) is 0 Å². The number of imidazole rings is 1.